The summed E-state index contributed by atoms with van der Waals surface area (Å²) in [6.45, 7) is 0.730. The first kappa shape index (κ1) is 15.3. The molecule has 0 unspecified atom stereocenters. The Morgan fingerprint density at radius 2 is 2.08 bits per heavy atom. The second-order valence-corrected chi connectivity index (χ2v) is 7.01. The lowest BCUT2D eigenvalue weighted by atomic mass is 10.2. The van der Waals surface area contributed by atoms with Crippen LogP contribution in [0.5, 0.6) is 0 Å². The molecule has 1 fully saturated rings. The number of nitrogens with zero attached hydrogens (tertiary/aromatic N) is 3. The van der Waals surface area contributed by atoms with Crippen molar-refractivity contribution in [2.45, 2.75) is 19.3 Å². The van der Waals surface area contributed by atoms with Gasteiger partial charge < -0.3 is 10.2 Å². The Morgan fingerprint density at radius 3 is 2.83 bits per heavy atom. The Morgan fingerprint density at radius 1 is 1.25 bits per heavy atom. The van der Waals surface area contributed by atoms with E-state index >= 15 is 0 Å². The van der Waals surface area contributed by atoms with Gasteiger partial charge in [0.05, 0.1) is 11.4 Å². The predicted octanol–water partition coefficient (Wildman–Crippen LogP) is 2.47. The molecule has 0 saturated carbocycles. The first-order valence-electron chi connectivity index (χ1n) is 8.10. The molecule has 1 aliphatic carbocycles. The van der Waals surface area contributed by atoms with Gasteiger partial charge in [0.1, 0.15) is 12.4 Å². The number of fused-ring (bicyclic) bond motifs is 1. The number of rotatable bonds is 4. The summed E-state index contributed by atoms with van der Waals surface area (Å²) >= 11 is 1.26. The van der Waals surface area contributed by atoms with Crippen LogP contribution in [0.3, 0.4) is 0 Å². The molecule has 1 aliphatic heterocycles. The fourth-order valence-electron chi connectivity index (χ4n) is 3.19. The van der Waals surface area contributed by atoms with E-state index in [1.54, 1.807) is 4.90 Å². The summed E-state index contributed by atoms with van der Waals surface area (Å²) < 4.78 is 1.81. The van der Waals surface area contributed by atoms with Crippen molar-refractivity contribution in [3.8, 4) is 5.69 Å². The Kier molecular flexibility index (Phi) is 4.02. The molecule has 2 amide bonds. The smallest absolute Gasteiger partial charge is 0.282 e. The van der Waals surface area contributed by atoms with Crippen LogP contribution < -0.4 is 5.32 Å². The topological polar surface area (TPSA) is 67.2 Å². The van der Waals surface area contributed by atoms with Crippen LogP contribution >= 0.6 is 11.8 Å². The molecule has 24 heavy (non-hydrogen) atoms. The van der Waals surface area contributed by atoms with E-state index in [1.807, 2.05) is 35.0 Å². The lowest BCUT2D eigenvalue weighted by molar-refractivity contribution is -0.116. The van der Waals surface area contributed by atoms with Crippen molar-refractivity contribution in [2.24, 2.45) is 0 Å². The molecular weight excluding hydrogens is 324 g/mol. The quantitative estimate of drug-likeness (QED) is 0.927. The molecule has 6 nitrogen and oxygen atoms in total. The van der Waals surface area contributed by atoms with E-state index in [1.165, 1.54) is 11.8 Å². The van der Waals surface area contributed by atoms with Gasteiger partial charge in [-0.2, -0.15) is 5.10 Å². The molecule has 2 aromatic rings. The molecule has 7 heteroatoms. The van der Waals surface area contributed by atoms with Crippen LogP contribution in [0, 0.1) is 0 Å². The van der Waals surface area contributed by atoms with Crippen molar-refractivity contribution < 1.29 is 9.59 Å². The summed E-state index contributed by atoms with van der Waals surface area (Å²) in [7, 11) is 0. The first-order valence-corrected chi connectivity index (χ1v) is 9.08. The number of amides is 2. The van der Waals surface area contributed by atoms with Gasteiger partial charge in [-0.1, -0.05) is 30.0 Å². The number of anilines is 1. The van der Waals surface area contributed by atoms with Gasteiger partial charge in [-0.05, 0) is 31.4 Å². The molecule has 1 N–H and O–H groups in total. The van der Waals surface area contributed by atoms with Crippen molar-refractivity contribution in [2.75, 3.05) is 24.2 Å². The molecule has 1 aromatic carbocycles. The molecule has 4 rings (SSSR count). The standard InChI is InChI=1S/C17H18N4O2S/c22-15(11-20-9-10-24-17(20)23)18-16-13-7-4-8-14(13)19-21(16)12-5-2-1-3-6-12/h1-3,5-6H,4,7-11H2,(H,18,22). The number of aryl methyl sites for hydroxylation is 1. The van der Waals surface area contributed by atoms with Crippen LogP contribution in [-0.4, -0.2) is 44.7 Å². The molecule has 2 aliphatic rings. The normalized spacial score (nSPS) is 16.5. The van der Waals surface area contributed by atoms with E-state index < -0.39 is 0 Å². The van der Waals surface area contributed by atoms with Gasteiger partial charge in [0.15, 0.2) is 0 Å². The maximum atomic E-state index is 12.4. The summed E-state index contributed by atoms with van der Waals surface area (Å²) in [6, 6.07) is 9.80. The first-order chi connectivity index (χ1) is 11.7. The third-order valence-corrected chi connectivity index (χ3v) is 5.24. The Bertz CT molecular complexity index is 787. The zero-order valence-corrected chi connectivity index (χ0v) is 14.0. The largest absolute Gasteiger partial charge is 0.323 e. The zero-order chi connectivity index (χ0) is 16.5. The summed E-state index contributed by atoms with van der Waals surface area (Å²) in [5, 5.41) is 7.65. The molecule has 0 atom stereocenters. The number of para-hydroxylation sites is 1. The lowest BCUT2D eigenvalue weighted by Gasteiger charge is -2.15. The number of carbonyl (C=O) groups is 2. The van der Waals surface area contributed by atoms with Gasteiger partial charge >= 0.3 is 0 Å². The maximum Gasteiger partial charge on any atom is 0.282 e. The third kappa shape index (κ3) is 2.80. The van der Waals surface area contributed by atoms with E-state index in [0.717, 1.165) is 47.8 Å². The van der Waals surface area contributed by atoms with Crippen LogP contribution in [0.25, 0.3) is 5.69 Å². The fourth-order valence-corrected chi connectivity index (χ4v) is 4.02. The van der Waals surface area contributed by atoms with Crippen LogP contribution in [-0.2, 0) is 17.6 Å². The highest BCUT2D eigenvalue weighted by atomic mass is 32.2. The number of nitrogens with one attached hydrogen (secondary N) is 1. The Hall–Kier alpha value is -2.28. The lowest BCUT2D eigenvalue weighted by Crippen LogP contribution is -2.33. The molecule has 124 valence electrons. The summed E-state index contributed by atoms with van der Waals surface area (Å²) in [5.74, 6) is 1.33. The van der Waals surface area contributed by atoms with Gasteiger partial charge in [0, 0.05) is 17.9 Å². The minimum atomic E-state index is -0.169. The molecular formula is C17H18N4O2S. The monoisotopic (exact) mass is 342 g/mol. The fraction of sp³-hybridized carbons (Fsp3) is 0.353. The molecule has 0 spiro atoms. The van der Waals surface area contributed by atoms with Gasteiger partial charge in [0.25, 0.3) is 5.24 Å². The van der Waals surface area contributed by atoms with E-state index in [9.17, 15) is 9.59 Å². The van der Waals surface area contributed by atoms with Gasteiger partial charge in [-0.15, -0.1) is 0 Å². The van der Waals surface area contributed by atoms with Crippen molar-refractivity contribution in [1.82, 2.24) is 14.7 Å². The van der Waals surface area contributed by atoms with E-state index in [4.69, 9.17) is 0 Å². The average molecular weight is 342 g/mol. The van der Waals surface area contributed by atoms with Crippen molar-refractivity contribution in [3.63, 3.8) is 0 Å². The highest BCUT2D eigenvalue weighted by Crippen LogP contribution is 2.31. The van der Waals surface area contributed by atoms with Crippen LogP contribution in [0.1, 0.15) is 17.7 Å². The number of hydrogen-bond donors (Lipinski definition) is 1. The van der Waals surface area contributed by atoms with Crippen molar-refractivity contribution >= 4 is 28.7 Å². The van der Waals surface area contributed by atoms with E-state index in [-0.39, 0.29) is 17.7 Å². The maximum absolute atomic E-state index is 12.4. The summed E-state index contributed by atoms with van der Waals surface area (Å²) in [6.07, 6.45) is 2.94. The van der Waals surface area contributed by atoms with Crippen molar-refractivity contribution in [1.29, 1.82) is 0 Å². The average Bonchev–Trinajstić information content (AvgIpc) is 3.27. The number of hydrogen-bond acceptors (Lipinski definition) is 4. The minimum Gasteiger partial charge on any atom is -0.323 e. The number of thioether (sulfide) groups is 1. The van der Waals surface area contributed by atoms with Crippen LogP contribution in [0.4, 0.5) is 10.6 Å². The molecule has 0 bridgehead atoms. The SMILES string of the molecule is O=C(CN1CCSC1=O)Nc1c2c(nn1-c1ccccc1)CCC2. The molecule has 0 radical (unpaired) electrons. The van der Waals surface area contributed by atoms with Crippen LogP contribution in [0.2, 0.25) is 0 Å². The minimum absolute atomic E-state index is 0.0213. The summed E-state index contributed by atoms with van der Waals surface area (Å²) in [5.41, 5.74) is 3.10. The molecule has 1 saturated heterocycles. The molecule has 1 aromatic heterocycles. The van der Waals surface area contributed by atoms with Crippen molar-refractivity contribution in [3.05, 3.63) is 41.6 Å². The third-order valence-electron chi connectivity index (χ3n) is 4.35. The number of aromatic nitrogens is 2. The van der Waals surface area contributed by atoms with E-state index in [0.29, 0.717) is 6.54 Å². The van der Waals surface area contributed by atoms with Gasteiger partial charge in [0.2, 0.25) is 5.91 Å². The molecule has 2 heterocycles. The summed E-state index contributed by atoms with van der Waals surface area (Å²) in [4.78, 5) is 25.7. The second kappa shape index (κ2) is 6.32. The highest BCUT2D eigenvalue weighted by Gasteiger charge is 2.27. The highest BCUT2D eigenvalue weighted by molar-refractivity contribution is 8.13. The zero-order valence-electron chi connectivity index (χ0n) is 13.2. The Balaban J connectivity index is 1.60. The Labute approximate surface area is 144 Å². The number of benzene rings is 1. The van der Waals surface area contributed by atoms with Gasteiger partial charge in [-0.25, -0.2) is 4.68 Å². The number of carbonyl (C=O) groups excluding carboxylic acids is 2. The predicted molar refractivity (Wildman–Crippen MR) is 93.6 cm³/mol. The second-order valence-electron chi connectivity index (χ2n) is 5.96. The van der Waals surface area contributed by atoms with E-state index in [2.05, 4.69) is 10.4 Å². The van der Waals surface area contributed by atoms with Crippen LogP contribution in [0.15, 0.2) is 30.3 Å². The van der Waals surface area contributed by atoms with Gasteiger partial charge in [-0.3, -0.25) is 9.59 Å².